The van der Waals surface area contributed by atoms with Gasteiger partial charge in [0.25, 0.3) is 50.6 Å². The SMILES string of the molecule is COCCOCCOCCOCCC1(C)c2c(ccc3c(S(=O)(=O)O)cc(S(=O)(=O)O)cc23)N(CCCC(=O)On2c(O)ccc2O)C1C=c1c(=O)c(=CC2=[N+](CCOC)c3ccc4c(S(=O)(=O)O)cc(S(=O)(=O)O)cc4c3C2(C)CCCS(=O)(=O)O)c1=O. The number of aromatic nitrogens is 1. The van der Waals surface area contributed by atoms with E-state index in [1.165, 1.54) is 57.6 Å². The minimum absolute atomic E-state index is 0.00356. The van der Waals surface area contributed by atoms with Crippen molar-refractivity contribution in [3.05, 3.63) is 103 Å². The Morgan fingerprint density at radius 2 is 1.12 bits per heavy atom. The fourth-order valence-corrected chi connectivity index (χ4v) is 14.8. The van der Waals surface area contributed by atoms with Crippen LogP contribution in [0.5, 0.6) is 11.8 Å². The highest BCUT2D eigenvalue weighted by Gasteiger charge is 2.51. The molecule has 0 fully saturated rings. The Balaban J connectivity index is 1.33. The van der Waals surface area contributed by atoms with Crippen molar-refractivity contribution in [1.29, 1.82) is 0 Å². The minimum atomic E-state index is -5.26. The number of carbonyl (C=O) groups excluding carboxylic acids is 1. The van der Waals surface area contributed by atoms with Crippen LogP contribution in [-0.4, -0.2) is 188 Å². The molecule has 5 aromatic carbocycles. The van der Waals surface area contributed by atoms with E-state index in [2.05, 4.69) is 0 Å². The number of aromatic hydroxyl groups is 2. The summed E-state index contributed by atoms with van der Waals surface area (Å²) in [4.78, 5) is 46.4. The van der Waals surface area contributed by atoms with Crippen LogP contribution in [0.25, 0.3) is 33.7 Å². The van der Waals surface area contributed by atoms with Gasteiger partial charge in [0.1, 0.15) is 16.4 Å². The molecule has 0 radical (unpaired) electrons. The number of rotatable bonds is 30. The molecular formula is C55H64N3O26S5+. The summed E-state index contributed by atoms with van der Waals surface area (Å²) in [5.41, 5.74) is -4.20. The summed E-state index contributed by atoms with van der Waals surface area (Å²) in [6.45, 7) is 3.89. The number of ether oxygens (including phenoxy) is 5. The lowest BCUT2D eigenvalue weighted by atomic mass is 9.73. The second-order valence-corrected chi connectivity index (χ2v) is 28.6. The topological polar surface area (TPSA) is 430 Å². The highest BCUT2D eigenvalue weighted by molar-refractivity contribution is 7.87. The van der Waals surface area contributed by atoms with E-state index in [0.29, 0.717) is 30.1 Å². The van der Waals surface area contributed by atoms with Gasteiger partial charge in [-0.2, -0.15) is 46.7 Å². The Bertz CT molecular complexity index is 4560. The average molecular weight is 1340 g/mol. The predicted molar refractivity (Wildman–Crippen MR) is 317 cm³/mol. The molecule has 1 aromatic heterocycles. The molecule has 3 heterocycles. The molecule has 8 rings (SSSR count). The number of benzene rings is 4. The smallest absolute Gasteiger partial charge is 0.333 e. The summed E-state index contributed by atoms with van der Waals surface area (Å²) in [7, 11) is -22.7. The first kappa shape index (κ1) is 68.3. The number of fused-ring (bicyclic) bond motifs is 6. The van der Waals surface area contributed by atoms with Crippen LogP contribution in [0.3, 0.4) is 0 Å². The zero-order valence-electron chi connectivity index (χ0n) is 48.1. The van der Waals surface area contributed by atoms with E-state index in [9.17, 15) is 79.9 Å². The van der Waals surface area contributed by atoms with Gasteiger partial charge in [-0.3, -0.25) is 32.4 Å². The lowest BCUT2D eigenvalue weighted by Crippen LogP contribution is -2.66. The van der Waals surface area contributed by atoms with E-state index in [0.717, 1.165) is 24.3 Å². The van der Waals surface area contributed by atoms with Gasteiger partial charge in [-0.25, -0.2) is 4.79 Å². The maximum atomic E-state index is 15.0. The van der Waals surface area contributed by atoms with Gasteiger partial charge in [-0.1, -0.05) is 13.0 Å². The van der Waals surface area contributed by atoms with Gasteiger partial charge in [0, 0.05) is 85.5 Å². The first-order chi connectivity index (χ1) is 41.6. The van der Waals surface area contributed by atoms with E-state index in [-0.39, 0.29) is 128 Å². The first-order valence-corrected chi connectivity index (χ1v) is 34.5. The van der Waals surface area contributed by atoms with Crippen LogP contribution >= 0.6 is 0 Å². The van der Waals surface area contributed by atoms with E-state index in [1.807, 2.05) is 0 Å². The monoisotopic (exact) mass is 1340 g/mol. The van der Waals surface area contributed by atoms with E-state index < -0.39 is 138 Å². The zero-order chi connectivity index (χ0) is 65.4. The molecule has 29 nitrogen and oxygen atoms in total. The van der Waals surface area contributed by atoms with Gasteiger partial charge in [-0.15, -0.1) is 4.73 Å². The molecular weight excluding hydrogens is 1280 g/mol. The highest BCUT2D eigenvalue weighted by Crippen LogP contribution is 2.53. The molecule has 2 aliphatic heterocycles. The minimum Gasteiger partial charge on any atom is -0.492 e. The Morgan fingerprint density at radius 1 is 0.607 bits per heavy atom. The van der Waals surface area contributed by atoms with Crippen molar-refractivity contribution in [3.63, 3.8) is 0 Å². The summed E-state index contributed by atoms with van der Waals surface area (Å²) >= 11 is 0. The zero-order valence-corrected chi connectivity index (χ0v) is 52.2. The number of anilines is 1. The molecule has 3 atom stereocenters. The molecule has 0 amide bonds. The number of nitrogens with zero attached hydrogens (tertiary/aromatic N) is 3. The van der Waals surface area contributed by atoms with Gasteiger partial charge in [0.2, 0.25) is 28.3 Å². The average Bonchev–Trinajstić information content (AvgIpc) is 1.59. The maximum absolute atomic E-state index is 15.0. The van der Waals surface area contributed by atoms with Crippen LogP contribution in [0.4, 0.5) is 11.4 Å². The molecule has 6 aromatic rings. The Morgan fingerprint density at radius 3 is 1.64 bits per heavy atom. The molecule has 3 unspecified atom stereocenters. The third kappa shape index (κ3) is 14.5. The van der Waals surface area contributed by atoms with Crippen molar-refractivity contribution in [3.8, 4) is 11.8 Å². The summed E-state index contributed by atoms with van der Waals surface area (Å²) in [5.74, 6) is -3.03. The fourth-order valence-electron chi connectivity index (χ4n) is 11.6. The lowest BCUT2D eigenvalue weighted by molar-refractivity contribution is -0.440. The normalized spacial score (nSPS) is 18.1. The fraction of sp³-hybridized carbons (Fsp3) is 0.418. The van der Waals surface area contributed by atoms with Crippen LogP contribution in [0, 0.1) is 0 Å². The van der Waals surface area contributed by atoms with Crippen molar-refractivity contribution in [2.45, 2.75) is 82.4 Å². The van der Waals surface area contributed by atoms with Crippen LogP contribution < -0.4 is 31.0 Å². The van der Waals surface area contributed by atoms with Gasteiger partial charge in [0.15, 0.2) is 12.3 Å². The van der Waals surface area contributed by atoms with Crippen molar-refractivity contribution in [1.82, 2.24) is 4.73 Å². The maximum Gasteiger partial charge on any atom is 0.333 e. The Labute approximate surface area is 510 Å². The lowest BCUT2D eigenvalue weighted by Gasteiger charge is -2.35. The summed E-state index contributed by atoms with van der Waals surface area (Å²) < 4.78 is 208. The van der Waals surface area contributed by atoms with E-state index in [1.54, 1.807) is 16.4 Å². The molecule has 2 aliphatic rings. The van der Waals surface area contributed by atoms with Gasteiger partial charge >= 0.3 is 5.97 Å². The number of methoxy groups -OCH3 is 2. The molecule has 7 N–H and O–H groups in total. The second-order valence-electron chi connectivity index (χ2n) is 21.4. The van der Waals surface area contributed by atoms with Crippen molar-refractivity contribution in [2.75, 3.05) is 90.8 Å². The number of carbonyl (C=O) groups is 1. The van der Waals surface area contributed by atoms with Crippen LogP contribution in [0.1, 0.15) is 57.1 Å². The van der Waals surface area contributed by atoms with Crippen LogP contribution in [-0.2, 0) is 89.9 Å². The second kappa shape index (κ2) is 26.3. The Kier molecular flexibility index (Phi) is 20.2. The summed E-state index contributed by atoms with van der Waals surface area (Å²) in [5, 5.41) is 18.6. The van der Waals surface area contributed by atoms with Crippen molar-refractivity contribution < 1.29 is 113 Å². The van der Waals surface area contributed by atoms with Crippen LogP contribution in [0.2, 0.25) is 0 Å². The van der Waals surface area contributed by atoms with Crippen molar-refractivity contribution >= 4 is 107 Å². The highest BCUT2D eigenvalue weighted by atomic mass is 32.2. The van der Waals surface area contributed by atoms with Crippen LogP contribution in [0.15, 0.2) is 89.8 Å². The number of hydrogen-bond acceptors (Lipinski definition) is 22. The van der Waals surface area contributed by atoms with Gasteiger partial charge in [-0.05, 0) is 91.4 Å². The summed E-state index contributed by atoms with van der Waals surface area (Å²) in [6, 6.07) is 9.24. The molecule has 0 saturated heterocycles. The third-order valence-electron chi connectivity index (χ3n) is 15.7. The first-order valence-electron chi connectivity index (χ1n) is 27.1. The number of hydrogen-bond donors (Lipinski definition) is 7. The Hall–Kier alpha value is -6.61. The van der Waals surface area contributed by atoms with Gasteiger partial charge in [0.05, 0.1) is 77.1 Å². The van der Waals surface area contributed by atoms with Crippen molar-refractivity contribution in [2.24, 2.45) is 0 Å². The molecule has 34 heteroatoms. The van der Waals surface area contributed by atoms with E-state index >= 15 is 9.59 Å². The quantitative estimate of drug-likeness (QED) is 0.0190. The molecule has 0 aliphatic carbocycles. The third-order valence-corrected chi connectivity index (χ3v) is 20.0. The van der Waals surface area contributed by atoms with Gasteiger partial charge < -0.3 is 43.6 Å². The van der Waals surface area contributed by atoms with E-state index in [4.69, 9.17) is 28.5 Å². The molecule has 0 spiro atoms. The largest absolute Gasteiger partial charge is 0.492 e. The molecule has 0 saturated carbocycles. The summed E-state index contributed by atoms with van der Waals surface area (Å²) in [6.07, 6.45) is 1.28. The molecule has 0 bridgehead atoms. The standard InChI is InChI=1S/C55H63N3O26S5/c1-54(14-6-26-85(64,65)66)45(57(17-19-79-3)42-11-9-35-37(50(42)54)27-33(86(67,68)69)29-43(35)88(73,74)75)31-39-52(62)40(53(39)63)32-46-55(2,15-18-81-22-23-83-25-24-82-21-20-80-4)51-38-28-34(87(70,71)72)30-44(89(76,77)78)36(38)8-10-41(51)56(46)16-5-7-49(61)84-58-47(59)12-13-48(58)60/h8-13,27-32,46H,5-7,14-26H2,1-4H3,(H6,62,63,64,65,66,67,68,69,70,71,72,73,74,75,76,77,78)/p+1. The predicted octanol–water partition coefficient (Wildman–Crippen LogP) is 1.39. The molecule has 89 heavy (non-hydrogen) atoms. The molecule has 484 valence electrons.